The number of hydrogen-bond acceptors (Lipinski definition) is 6. The zero-order chi connectivity index (χ0) is 19.5. The zero-order valence-corrected chi connectivity index (χ0v) is 15.5. The highest BCUT2D eigenvalue weighted by Gasteiger charge is 2.22. The summed E-state index contributed by atoms with van der Waals surface area (Å²) in [5.74, 6) is -0.510. The number of fused-ring (bicyclic) bond motifs is 1. The largest absolute Gasteiger partial charge is 0.293 e. The summed E-state index contributed by atoms with van der Waals surface area (Å²) in [6.07, 6.45) is 0.948. The number of aromatic nitrogens is 2. The predicted molar refractivity (Wildman–Crippen MR) is 101 cm³/mol. The Bertz CT molecular complexity index is 1020. The minimum Gasteiger partial charge on any atom is -0.293 e. The molecular formula is C19H17ClFN5O2. The summed E-state index contributed by atoms with van der Waals surface area (Å²) in [6, 6.07) is 12.3. The first-order valence-electron chi connectivity index (χ1n) is 8.69. The lowest BCUT2D eigenvalue weighted by Gasteiger charge is -2.27. The molecule has 4 rings (SSSR count). The molecule has 144 valence electrons. The van der Waals surface area contributed by atoms with Crippen molar-refractivity contribution in [3.05, 3.63) is 75.8 Å². The van der Waals surface area contributed by atoms with E-state index in [2.05, 4.69) is 32.3 Å². The quantitative estimate of drug-likeness (QED) is 0.395. The Morgan fingerprint density at radius 3 is 2.86 bits per heavy atom. The molecule has 0 atom stereocenters. The molecular weight excluding hydrogens is 385 g/mol. The van der Waals surface area contributed by atoms with Gasteiger partial charge in [-0.25, -0.2) is 14.0 Å². The molecule has 1 aliphatic rings. The van der Waals surface area contributed by atoms with Crippen molar-refractivity contribution >= 4 is 23.1 Å². The lowest BCUT2D eigenvalue weighted by molar-refractivity contribution is 0.232. The summed E-state index contributed by atoms with van der Waals surface area (Å²) in [5.41, 5.74) is 5.81. The maximum atomic E-state index is 13.3. The van der Waals surface area contributed by atoms with Crippen molar-refractivity contribution in [3.63, 3.8) is 0 Å². The Labute approximate surface area is 165 Å². The first-order chi connectivity index (χ1) is 13.6. The Morgan fingerprint density at radius 1 is 1.25 bits per heavy atom. The van der Waals surface area contributed by atoms with Gasteiger partial charge < -0.3 is 0 Å². The molecule has 0 bridgehead atoms. The summed E-state index contributed by atoms with van der Waals surface area (Å²) in [6.45, 7) is 2.14. The van der Waals surface area contributed by atoms with Crippen LogP contribution in [0.3, 0.4) is 0 Å². The van der Waals surface area contributed by atoms with Crippen LogP contribution in [0.4, 0.5) is 10.1 Å². The number of halogens is 2. The van der Waals surface area contributed by atoms with Crippen LogP contribution in [0.25, 0.3) is 0 Å². The lowest BCUT2D eigenvalue weighted by Crippen LogP contribution is -2.31. The minimum absolute atomic E-state index is 0.0383. The Kier molecular flexibility index (Phi) is 5.34. The van der Waals surface area contributed by atoms with E-state index in [1.807, 2.05) is 17.6 Å². The maximum absolute atomic E-state index is 13.3. The number of rotatable bonds is 4. The van der Waals surface area contributed by atoms with Crippen LogP contribution >= 0.6 is 11.6 Å². The molecule has 7 nitrogen and oxygen atoms in total. The maximum Gasteiger partial charge on any atom is 0.182 e. The van der Waals surface area contributed by atoms with Gasteiger partial charge >= 0.3 is 0 Å². The van der Waals surface area contributed by atoms with E-state index < -0.39 is 5.82 Å². The second kappa shape index (κ2) is 8.05. The van der Waals surface area contributed by atoms with Crippen molar-refractivity contribution in [1.82, 2.24) is 20.7 Å². The van der Waals surface area contributed by atoms with Gasteiger partial charge in [-0.2, -0.15) is 0 Å². The summed E-state index contributed by atoms with van der Waals surface area (Å²) >= 11 is 5.79. The smallest absolute Gasteiger partial charge is 0.182 e. The highest BCUT2D eigenvalue weighted by molar-refractivity contribution is 6.31. The van der Waals surface area contributed by atoms with Crippen molar-refractivity contribution in [3.8, 4) is 0 Å². The molecule has 28 heavy (non-hydrogen) atoms. The molecule has 0 saturated heterocycles. The van der Waals surface area contributed by atoms with Crippen molar-refractivity contribution in [1.29, 1.82) is 0 Å². The van der Waals surface area contributed by atoms with Crippen molar-refractivity contribution < 1.29 is 14.2 Å². The van der Waals surface area contributed by atoms with E-state index in [1.165, 1.54) is 29.3 Å². The molecule has 2 N–H and O–H groups in total. The van der Waals surface area contributed by atoms with Gasteiger partial charge in [0.1, 0.15) is 11.5 Å². The van der Waals surface area contributed by atoms with Gasteiger partial charge in [-0.1, -0.05) is 41.0 Å². The second-order valence-corrected chi connectivity index (χ2v) is 6.87. The van der Waals surface area contributed by atoms with Crippen LogP contribution in [0.5, 0.6) is 0 Å². The zero-order valence-electron chi connectivity index (χ0n) is 14.8. The van der Waals surface area contributed by atoms with Gasteiger partial charge in [-0.3, -0.25) is 15.6 Å². The molecule has 0 aliphatic carbocycles. The van der Waals surface area contributed by atoms with Crippen LogP contribution in [0.2, 0.25) is 5.02 Å². The van der Waals surface area contributed by atoms with E-state index in [0.717, 1.165) is 19.5 Å². The number of nitrogens with zero attached hydrogens (tertiary/aromatic N) is 4. The molecule has 2 heterocycles. The summed E-state index contributed by atoms with van der Waals surface area (Å²) in [4.78, 5) is 6.45. The Morgan fingerprint density at radius 2 is 2.07 bits per heavy atom. The summed E-state index contributed by atoms with van der Waals surface area (Å²) in [7, 11) is 0. The Hall–Kier alpha value is -2.81. The number of aliphatic imine (C=N–C) groups is 1. The second-order valence-electron chi connectivity index (χ2n) is 6.46. The normalized spacial score (nSPS) is 14.8. The van der Waals surface area contributed by atoms with E-state index in [4.69, 9.17) is 16.2 Å². The predicted octanol–water partition coefficient (Wildman–Crippen LogP) is 3.48. The summed E-state index contributed by atoms with van der Waals surface area (Å²) in [5, 5.41) is 17.3. The van der Waals surface area contributed by atoms with Gasteiger partial charge in [-0.05, 0) is 40.9 Å². The fourth-order valence-corrected chi connectivity index (χ4v) is 3.38. The van der Waals surface area contributed by atoms with Crippen molar-refractivity contribution in [2.75, 3.05) is 6.54 Å². The molecule has 2 aromatic carbocycles. The molecule has 1 aliphatic heterocycles. The van der Waals surface area contributed by atoms with Crippen LogP contribution in [-0.2, 0) is 19.5 Å². The van der Waals surface area contributed by atoms with Gasteiger partial charge in [0, 0.05) is 19.6 Å². The van der Waals surface area contributed by atoms with Gasteiger partial charge in [-0.15, -0.1) is 0 Å². The molecule has 0 saturated carbocycles. The number of hydrogen-bond donors (Lipinski definition) is 2. The highest BCUT2D eigenvalue weighted by atomic mass is 35.5. The first kappa shape index (κ1) is 18.5. The molecule has 0 radical (unpaired) electrons. The first-order valence-corrected chi connectivity index (χ1v) is 9.06. The number of benzene rings is 2. The van der Waals surface area contributed by atoms with E-state index in [1.54, 1.807) is 0 Å². The fraction of sp³-hybridized carbons (Fsp3) is 0.211. The molecule has 0 spiro atoms. The van der Waals surface area contributed by atoms with Crippen LogP contribution in [0.15, 0.2) is 52.1 Å². The fourth-order valence-electron chi connectivity index (χ4n) is 3.21. The van der Waals surface area contributed by atoms with Gasteiger partial charge in [0.2, 0.25) is 0 Å². The van der Waals surface area contributed by atoms with Gasteiger partial charge in [0.25, 0.3) is 0 Å². The third-order valence-electron chi connectivity index (χ3n) is 4.61. The standard InChI is InChI=1S/C19H17ClFN5O2/c20-15-9-14(5-6-16(15)21)22-19(23-27)18-17(24-28-25-18)11-26-8-7-12-3-1-2-4-13(12)10-26/h1-6,9,27H,7-8,10-11H2,(H,22,23). The Balaban J connectivity index is 1.56. The van der Waals surface area contributed by atoms with E-state index in [0.29, 0.717) is 17.9 Å². The molecule has 1 aromatic heterocycles. The van der Waals surface area contributed by atoms with Crippen LogP contribution in [-0.4, -0.2) is 32.8 Å². The third-order valence-corrected chi connectivity index (χ3v) is 4.90. The SMILES string of the molecule is ONC(=Nc1ccc(F)c(Cl)c1)c1nonc1CN1CCc2ccccc2C1. The van der Waals surface area contributed by atoms with E-state index in [-0.39, 0.29) is 16.6 Å². The van der Waals surface area contributed by atoms with Gasteiger partial charge in [0.05, 0.1) is 10.7 Å². The summed E-state index contributed by atoms with van der Waals surface area (Å²) < 4.78 is 18.2. The topological polar surface area (TPSA) is 86.8 Å². The molecule has 0 amide bonds. The van der Waals surface area contributed by atoms with E-state index in [9.17, 15) is 9.60 Å². The number of amidine groups is 1. The number of hydroxylamine groups is 1. The molecule has 3 aromatic rings. The molecule has 0 unspecified atom stereocenters. The third kappa shape index (κ3) is 3.89. The lowest BCUT2D eigenvalue weighted by atomic mass is 10.00. The van der Waals surface area contributed by atoms with Crippen LogP contribution < -0.4 is 5.48 Å². The minimum atomic E-state index is -0.548. The van der Waals surface area contributed by atoms with Crippen LogP contribution in [0, 0.1) is 5.82 Å². The molecule has 9 heteroatoms. The monoisotopic (exact) mass is 401 g/mol. The van der Waals surface area contributed by atoms with Crippen LogP contribution in [0.1, 0.15) is 22.5 Å². The molecule has 0 fully saturated rings. The van der Waals surface area contributed by atoms with Gasteiger partial charge in [0.15, 0.2) is 11.5 Å². The average molecular weight is 402 g/mol. The number of nitrogens with one attached hydrogen (secondary N) is 1. The van der Waals surface area contributed by atoms with Crippen molar-refractivity contribution in [2.24, 2.45) is 4.99 Å². The van der Waals surface area contributed by atoms with Crippen molar-refractivity contribution in [2.45, 2.75) is 19.5 Å². The van der Waals surface area contributed by atoms with E-state index >= 15 is 0 Å². The average Bonchev–Trinajstić information content (AvgIpc) is 3.16. The highest BCUT2D eigenvalue weighted by Crippen LogP contribution is 2.23.